The lowest BCUT2D eigenvalue weighted by Crippen LogP contribution is -2.34. The van der Waals surface area contributed by atoms with Crippen LogP contribution in [0.1, 0.15) is 71.5 Å². The standard InChI is InChI=1S/C31H31ClF3N3O4/c32-27-15-12-24(18-26(27)31(33,34)35)37-30(42)38(19-20-6-8-22(9-7-20)21-4-2-1-3-5-21)25-13-10-23(11-14-25)29(41)36-17-16-28(39)40/h6-15,18,21H,1-5,16-17,19H2,(H,36,41)(H,37,42)(H,39,40). The van der Waals surface area contributed by atoms with Crippen LogP contribution in [0.4, 0.5) is 29.3 Å². The van der Waals surface area contributed by atoms with E-state index in [9.17, 15) is 27.6 Å². The van der Waals surface area contributed by atoms with Gasteiger partial charge in [-0.25, -0.2) is 4.79 Å². The molecule has 0 aromatic heterocycles. The minimum atomic E-state index is -4.70. The third-order valence-electron chi connectivity index (χ3n) is 7.23. The summed E-state index contributed by atoms with van der Waals surface area (Å²) in [5, 5.41) is 13.3. The number of carboxylic acid groups (broad SMARTS) is 1. The van der Waals surface area contributed by atoms with Gasteiger partial charge in [-0.15, -0.1) is 0 Å². The van der Waals surface area contributed by atoms with Crippen LogP contribution in [-0.4, -0.2) is 29.6 Å². The average molecular weight is 602 g/mol. The fraction of sp³-hybridized carbons (Fsp3) is 0.323. The Labute approximate surface area is 246 Å². The molecule has 0 heterocycles. The Hall–Kier alpha value is -4.05. The molecular weight excluding hydrogens is 571 g/mol. The van der Waals surface area contributed by atoms with Gasteiger partial charge in [-0.1, -0.05) is 55.1 Å². The van der Waals surface area contributed by atoms with Crippen molar-refractivity contribution >= 4 is 40.9 Å². The van der Waals surface area contributed by atoms with E-state index in [1.807, 2.05) is 12.1 Å². The molecule has 3 aromatic carbocycles. The number of hydrogen-bond donors (Lipinski definition) is 3. The number of halogens is 4. The Morgan fingerprint density at radius 1 is 0.929 bits per heavy atom. The van der Waals surface area contributed by atoms with Crippen molar-refractivity contribution in [2.24, 2.45) is 0 Å². The molecule has 1 aliphatic rings. The van der Waals surface area contributed by atoms with E-state index >= 15 is 0 Å². The van der Waals surface area contributed by atoms with Crippen molar-refractivity contribution in [3.63, 3.8) is 0 Å². The van der Waals surface area contributed by atoms with Gasteiger partial charge >= 0.3 is 18.2 Å². The molecule has 0 atom stereocenters. The van der Waals surface area contributed by atoms with Crippen molar-refractivity contribution in [2.45, 2.75) is 57.2 Å². The number of anilines is 2. The molecule has 1 saturated carbocycles. The molecule has 1 fully saturated rings. The molecule has 0 aliphatic heterocycles. The Morgan fingerprint density at radius 3 is 2.21 bits per heavy atom. The first-order valence-corrected chi connectivity index (χ1v) is 14.0. The number of benzene rings is 3. The van der Waals surface area contributed by atoms with Gasteiger partial charge in [0, 0.05) is 23.5 Å². The number of carbonyl (C=O) groups is 3. The van der Waals surface area contributed by atoms with Crippen LogP contribution < -0.4 is 15.5 Å². The number of nitrogens with zero attached hydrogens (tertiary/aromatic N) is 1. The summed E-state index contributed by atoms with van der Waals surface area (Å²) < 4.78 is 40.2. The summed E-state index contributed by atoms with van der Waals surface area (Å²) in [5.74, 6) is -1.01. The smallest absolute Gasteiger partial charge is 0.417 e. The minimum absolute atomic E-state index is 0.0394. The highest BCUT2D eigenvalue weighted by Crippen LogP contribution is 2.36. The highest BCUT2D eigenvalue weighted by molar-refractivity contribution is 6.31. The van der Waals surface area contributed by atoms with E-state index in [0.717, 1.165) is 30.5 Å². The quantitative estimate of drug-likeness (QED) is 0.233. The molecule has 7 nitrogen and oxygen atoms in total. The van der Waals surface area contributed by atoms with Gasteiger partial charge in [0.15, 0.2) is 0 Å². The summed E-state index contributed by atoms with van der Waals surface area (Å²) in [7, 11) is 0. The molecule has 3 N–H and O–H groups in total. The summed E-state index contributed by atoms with van der Waals surface area (Å²) in [6, 6.07) is 16.5. The first-order chi connectivity index (χ1) is 20.0. The maximum absolute atomic E-state index is 13.5. The van der Waals surface area contributed by atoms with Crippen molar-refractivity contribution in [1.29, 1.82) is 0 Å². The van der Waals surface area contributed by atoms with Gasteiger partial charge in [0.25, 0.3) is 5.91 Å². The molecule has 3 aromatic rings. The van der Waals surface area contributed by atoms with Gasteiger partial charge in [-0.05, 0) is 72.4 Å². The largest absolute Gasteiger partial charge is 0.481 e. The van der Waals surface area contributed by atoms with Crippen LogP contribution >= 0.6 is 11.6 Å². The van der Waals surface area contributed by atoms with Crippen LogP contribution in [-0.2, 0) is 17.5 Å². The van der Waals surface area contributed by atoms with E-state index in [-0.39, 0.29) is 30.8 Å². The van der Waals surface area contributed by atoms with Crippen molar-refractivity contribution in [1.82, 2.24) is 5.32 Å². The van der Waals surface area contributed by atoms with Gasteiger partial charge in [-0.2, -0.15) is 13.2 Å². The zero-order valence-electron chi connectivity index (χ0n) is 22.7. The molecular formula is C31H31ClF3N3O4. The number of alkyl halides is 3. The van der Waals surface area contributed by atoms with Crippen molar-refractivity contribution in [2.75, 3.05) is 16.8 Å². The number of amides is 3. The van der Waals surface area contributed by atoms with Crippen LogP contribution in [0.3, 0.4) is 0 Å². The molecule has 0 spiro atoms. The molecule has 0 saturated heterocycles. The maximum Gasteiger partial charge on any atom is 0.417 e. The third-order valence-corrected chi connectivity index (χ3v) is 7.56. The highest BCUT2D eigenvalue weighted by Gasteiger charge is 2.33. The lowest BCUT2D eigenvalue weighted by Gasteiger charge is -2.25. The molecule has 42 heavy (non-hydrogen) atoms. The monoisotopic (exact) mass is 601 g/mol. The summed E-state index contributed by atoms with van der Waals surface area (Å²) >= 11 is 5.73. The first-order valence-electron chi connectivity index (χ1n) is 13.7. The van der Waals surface area contributed by atoms with E-state index < -0.39 is 34.7 Å². The van der Waals surface area contributed by atoms with Gasteiger partial charge in [-0.3, -0.25) is 14.5 Å². The Morgan fingerprint density at radius 2 is 1.60 bits per heavy atom. The number of hydrogen-bond acceptors (Lipinski definition) is 3. The third kappa shape index (κ3) is 8.25. The van der Waals surface area contributed by atoms with E-state index in [4.69, 9.17) is 16.7 Å². The molecule has 3 amide bonds. The normalized spacial score (nSPS) is 13.8. The zero-order chi connectivity index (χ0) is 30.3. The average Bonchev–Trinajstić information content (AvgIpc) is 2.97. The Kier molecular flexibility index (Phi) is 10.1. The molecule has 4 rings (SSSR count). The molecule has 1 aliphatic carbocycles. The van der Waals surface area contributed by atoms with E-state index in [1.54, 1.807) is 12.1 Å². The Bertz CT molecular complexity index is 1410. The maximum atomic E-state index is 13.5. The second-order valence-corrected chi connectivity index (χ2v) is 10.6. The first kappa shape index (κ1) is 30.9. The number of carbonyl (C=O) groups excluding carboxylic acids is 2. The number of urea groups is 1. The van der Waals surface area contributed by atoms with E-state index in [0.29, 0.717) is 11.6 Å². The van der Waals surface area contributed by atoms with Crippen LogP contribution in [0.25, 0.3) is 0 Å². The summed E-state index contributed by atoms with van der Waals surface area (Å²) in [6.45, 7) is 0.0724. The predicted octanol–water partition coefficient (Wildman–Crippen LogP) is 7.85. The predicted molar refractivity (Wildman–Crippen MR) is 155 cm³/mol. The summed E-state index contributed by atoms with van der Waals surface area (Å²) in [6.07, 6.45) is 1.02. The molecule has 0 unspecified atom stereocenters. The number of rotatable bonds is 9. The minimum Gasteiger partial charge on any atom is -0.481 e. The topological polar surface area (TPSA) is 98.7 Å². The second kappa shape index (κ2) is 13.7. The lowest BCUT2D eigenvalue weighted by molar-refractivity contribution is -0.138. The van der Waals surface area contributed by atoms with Crippen LogP contribution in [0.2, 0.25) is 5.02 Å². The molecule has 11 heteroatoms. The van der Waals surface area contributed by atoms with Crippen LogP contribution in [0.5, 0.6) is 0 Å². The second-order valence-electron chi connectivity index (χ2n) is 10.2. The van der Waals surface area contributed by atoms with Crippen molar-refractivity contribution < 1.29 is 32.7 Å². The fourth-order valence-corrected chi connectivity index (χ4v) is 5.21. The van der Waals surface area contributed by atoms with Gasteiger partial charge in [0.05, 0.1) is 23.6 Å². The zero-order valence-corrected chi connectivity index (χ0v) is 23.5. The van der Waals surface area contributed by atoms with Gasteiger partial charge < -0.3 is 15.7 Å². The van der Waals surface area contributed by atoms with Gasteiger partial charge in [0.1, 0.15) is 0 Å². The lowest BCUT2D eigenvalue weighted by atomic mass is 9.84. The van der Waals surface area contributed by atoms with Crippen LogP contribution in [0, 0.1) is 0 Å². The van der Waals surface area contributed by atoms with E-state index in [2.05, 4.69) is 22.8 Å². The van der Waals surface area contributed by atoms with Crippen molar-refractivity contribution in [3.05, 3.63) is 94.0 Å². The highest BCUT2D eigenvalue weighted by atomic mass is 35.5. The molecule has 0 radical (unpaired) electrons. The molecule has 222 valence electrons. The SMILES string of the molecule is O=C(O)CCNC(=O)c1ccc(N(Cc2ccc(C3CCCCC3)cc2)C(=O)Nc2ccc(Cl)c(C(F)(F)F)c2)cc1. The molecule has 0 bridgehead atoms. The summed E-state index contributed by atoms with van der Waals surface area (Å²) in [5.41, 5.74) is 1.57. The Balaban J connectivity index is 1.56. The number of carboxylic acids is 1. The van der Waals surface area contributed by atoms with E-state index in [1.165, 1.54) is 47.9 Å². The number of nitrogens with one attached hydrogen (secondary N) is 2. The van der Waals surface area contributed by atoms with Gasteiger partial charge in [0.2, 0.25) is 0 Å². The number of aliphatic carboxylic acids is 1. The summed E-state index contributed by atoms with van der Waals surface area (Å²) in [4.78, 5) is 37.9. The van der Waals surface area contributed by atoms with Crippen LogP contribution in [0.15, 0.2) is 66.7 Å². The fourth-order valence-electron chi connectivity index (χ4n) is 4.98. The van der Waals surface area contributed by atoms with Crippen molar-refractivity contribution in [3.8, 4) is 0 Å².